The largest absolute Gasteiger partial charge is 0.103 e. The molecule has 0 aromatic carbocycles. The zero-order valence-corrected chi connectivity index (χ0v) is 13.4. The van der Waals surface area contributed by atoms with E-state index in [4.69, 9.17) is 0 Å². The first-order valence-corrected chi connectivity index (χ1v) is 10.2. The van der Waals surface area contributed by atoms with Crippen LogP contribution in [0.15, 0.2) is 12.7 Å². The Morgan fingerprint density at radius 1 is 0.765 bits per heavy atom. The highest BCUT2D eigenvalue weighted by molar-refractivity contribution is 7.75. The normalized spacial score (nSPS) is 11.7. The van der Waals surface area contributed by atoms with Crippen molar-refractivity contribution in [1.29, 1.82) is 0 Å². The third-order valence-corrected chi connectivity index (χ3v) is 8.77. The summed E-state index contributed by atoms with van der Waals surface area (Å²) in [5.41, 5.74) is 0. The molecule has 0 radical (unpaired) electrons. The van der Waals surface area contributed by atoms with Crippen LogP contribution < -0.4 is 0 Å². The van der Waals surface area contributed by atoms with E-state index in [1.807, 2.05) is 0 Å². The molecule has 0 heterocycles. The fourth-order valence-electron chi connectivity index (χ4n) is 2.52. The lowest BCUT2D eigenvalue weighted by Crippen LogP contribution is -2.12. The van der Waals surface area contributed by atoms with E-state index in [1.54, 1.807) is 18.5 Å². The van der Waals surface area contributed by atoms with Crippen LogP contribution in [-0.4, -0.2) is 24.6 Å². The maximum atomic E-state index is 3.92. The van der Waals surface area contributed by atoms with Gasteiger partial charge in [0.15, 0.2) is 0 Å². The number of rotatable bonds is 12. The third kappa shape index (κ3) is 7.98. The molecule has 0 bridgehead atoms. The minimum absolute atomic E-state index is 0.634. The Bertz CT molecular complexity index is 153. The molecular formula is C16H34P+. The van der Waals surface area contributed by atoms with Gasteiger partial charge >= 0.3 is 0 Å². The second-order valence-corrected chi connectivity index (χ2v) is 9.85. The summed E-state index contributed by atoms with van der Waals surface area (Å²) >= 11 is 0. The molecule has 0 aliphatic rings. The molecule has 0 saturated carbocycles. The topological polar surface area (TPSA) is 0 Å². The van der Waals surface area contributed by atoms with E-state index in [1.165, 1.54) is 51.1 Å². The van der Waals surface area contributed by atoms with Crippen LogP contribution in [0.3, 0.4) is 0 Å². The van der Waals surface area contributed by atoms with E-state index in [0.29, 0.717) is 0 Å². The maximum Gasteiger partial charge on any atom is 0.0628 e. The molecule has 0 aliphatic heterocycles. The average molecular weight is 257 g/mol. The van der Waals surface area contributed by atoms with Crippen molar-refractivity contribution >= 4 is 7.26 Å². The SMILES string of the molecule is C=CCC[P+](CCCC)(CCCC)CCCC. The van der Waals surface area contributed by atoms with E-state index < -0.39 is 7.26 Å². The van der Waals surface area contributed by atoms with Crippen molar-refractivity contribution < 1.29 is 0 Å². The number of allylic oxidation sites excluding steroid dienone is 1. The summed E-state index contributed by atoms with van der Waals surface area (Å²) in [6, 6.07) is 0. The molecule has 102 valence electrons. The summed E-state index contributed by atoms with van der Waals surface area (Å²) in [6.07, 6.45) is 18.0. The molecule has 0 atom stereocenters. The van der Waals surface area contributed by atoms with Gasteiger partial charge in [-0.3, -0.25) is 0 Å². The molecule has 17 heavy (non-hydrogen) atoms. The van der Waals surface area contributed by atoms with Gasteiger partial charge in [0, 0.05) is 7.26 Å². The first kappa shape index (κ1) is 17.2. The van der Waals surface area contributed by atoms with Crippen LogP contribution >= 0.6 is 7.26 Å². The minimum atomic E-state index is -0.634. The quantitative estimate of drug-likeness (QED) is 0.298. The molecule has 0 saturated heterocycles. The zero-order chi connectivity index (χ0) is 13.0. The molecule has 0 aromatic heterocycles. The van der Waals surface area contributed by atoms with Gasteiger partial charge in [-0.15, -0.1) is 6.58 Å². The van der Waals surface area contributed by atoms with Gasteiger partial charge in [-0.2, -0.15) is 0 Å². The van der Waals surface area contributed by atoms with Gasteiger partial charge in [0.1, 0.15) is 0 Å². The number of unbranched alkanes of at least 4 members (excludes halogenated alkanes) is 3. The van der Waals surface area contributed by atoms with Crippen molar-refractivity contribution in [1.82, 2.24) is 0 Å². The molecule has 0 amide bonds. The van der Waals surface area contributed by atoms with Crippen LogP contribution in [0.1, 0.15) is 65.7 Å². The molecule has 0 aromatic rings. The summed E-state index contributed by atoms with van der Waals surface area (Å²) in [6.45, 7) is 10.9. The van der Waals surface area contributed by atoms with Gasteiger partial charge in [-0.25, -0.2) is 0 Å². The molecule has 0 spiro atoms. The Hall–Kier alpha value is 0.170. The first-order chi connectivity index (χ1) is 8.24. The molecule has 0 rings (SSSR count). The van der Waals surface area contributed by atoms with Crippen molar-refractivity contribution in [2.45, 2.75) is 65.7 Å². The van der Waals surface area contributed by atoms with Gasteiger partial charge in [0.2, 0.25) is 0 Å². The highest BCUT2D eigenvalue weighted by atomic mass is 31.2. The lowest BCUT2D eigenvalue weighted by Gasteiger charge is -2.27. The van der Waals surface area contributed by atoms with E-state index >= 15 is 0 Å². The van der Waals surface area contributed by atoms with Crippen molar-refractivity contribution in [3.8, 4) is 0 Å². The van der Waals surface area contributed by atoms with Crippen molar-refractivity contribution in [3.05, 3.63) is 12.7 Å². The summed E-state index contributed by atoms with van der Waals surface area (Å²) in [4.78, 5) is 0. The third-order valence-electron chi connectivity index (χ3n) is 3.77. The number of hydrogen-bond acceptors (Lipinski definition) is 0. The van der Waals surface area contributed by atoms with Crippen LogP contribution in [-0.2, 0) is 0 Å². The van der Waals surface area contributed by atoms with Crippen LogP contribution in [0.25, 0.3) is 0 Å². The molecule has 1 heteroatoms. The highest BCUT2D eigenvalue weighted by Crippen LogP contribution is 2.61. The Morgan fingerprint density at radius 3 is 1.47 bits per heavy atom. The summed E-state index contributed by atoms with van der Waals surface area (Å²) in [5, 5.41) is 0. The standard InChI is InChI=1S/C16H34P/c1-5-9-13-17(14-10-6-2,15-11-7-3)16-12-8-4/h5H,1,6-16H2,2-4H3/q+1. The fourth-order valence-corrected chi connectivity index (χ4v) is 7.55. The fraction of sp³-hybridized carbons (Fsp3) is 0.875. The monoisotopic (exact) mass is 257 g/mol. The lowest BCUT2D eigenvalue weighted by atomic mass is 10.4. The Labute approximate surface area is 111 Å². The van der Waals surface area contributed by atoms with E-state index in [-0.39, 0.29) is 0 Å². The van der Waals surface area contributed by atoms with Crippen LogP contribution in [0.4, 0.5) is 0 Å². The summed E-state index contributed by atoms with van der Waals surface area (Å²) in [5.74, 6) is 0. The lowest BCUT2D eigenvalue weighted by molar-refractivity contribution is 0.831. The maximum absolute atomic E-state index is 3.92. The van der Waals surface area contributed by atoms with Crippen LogP contribution in [0, 0.1) is 0 Å². The van der Waals surface area contributed by atoms with Gasteiger partial charge in [0.25, 0.3) is 0 Å². The Morgan fingerprint density at radius 2 is 1.18 bits per heavy atom. The van der Waals surface area contributed by atoms with Gasteiger partial charge in [-0.05, 0) is 25.7 Å². The second-order valence-electron chi connectivity index (χ2n) is 5.37. The van der Waals surface area contributed by atoms with Gasteiger partial charge in [-0.1, -0.05) is 46.1 Å². The second kappa shape index (κ2) is 11.3. The smallest absolute Gasteiger partial charge is 0.0628 e. The van der Waals surface area contributed by atoms with Gasteiger partial charge < -0.3 is 0 Å². The van der Waals surface area contributed by atoms with E-state index in [9.17, 15) is 0 Å². The van der Waals surface area contributed by atoms with Crippen LogP contribution in [0.5, 0.6) is 0 Å². The van der Waals surface area contributed by atoms with Crippen molar-refractivity contribution in [2.75, 3.05) is 24.6 Å². The molecular weight excluding hydrogens is 223 g/mol. The first-order valence-electron chi connectivity index (χ1n) is 7.70. The molecule has 0 unspecified atom stereocenters. The van der Waals surface area contributed by atoms with E-state index in [0.717, 1.165) is 0 Å². The van der Waals surface area contributed by atoms with Gasteiger partial charge in [0.05, 0.1) is 24.6 Å². The predicted octanol–water partition coefficient (Wildman–Crippen LogP) is 5.98. The molecule has 0 N–H and O–H groups in total. The minimum Gasteiger partial charge on any atom is -0.103 e. The molecule has 0 fully saturated rings. The average Bonchev–Trinajstić information content (AvgIpc) is 2.37. The van der Waals surface area contributed by atoms with Crippen molar-refractivity contribution in [3.63, 3.8) is 0 Å². The Balaban J connectivity index is 4.44. The number of hydrogen-bond donors (Lipinski definition) is 0. The zero-order valence-electron chi connectivity index (χ0n) is 12.5. The van der Waals surface area contributed by atoms with Crippen LogP contribution in [0.2, 0.25) is 0 Å². The summed E-state index contributed by atoms with van der Waals surface area (Å²) in [7, 11) is -0.634. The molecule has 0 nitrogen and oxygen atoms in total. The summed E-state index contributed by atoms with van der Waals surface area (Å²) < 4.78 is 0. The predicted molar refractivity (Wildman–Crippen MR) is 85.9 cm³/mol. The van der Waals surface area contributed by atoms with E-state index in [2.05, 4.69) is 33.4 Å². The Kier molecular flexibility index (Phi) is 11.4. The highest BCUT2D eigenvalue weighted by Gasteiger charge is 2.34. The molecule has 0 aliphatic carbocycles. The van der Waals surface area contributed by atoms with Crippen molar-refractivity contribution in [2.24, 2.45) is 0 Å².